The van der Waals surface area contributed by atoms with Crippen LogP contribution in [0.2, 0.25) is 0 Å². The highest BCUT2D eigenvalue weighted by atomic mass is 19.1. The van der Waals surface area contributed by atoms with Gasteiger partial charge in [0.05, 0.1) is 14.2 Å². The van der Waals surface area contributed by atoms with Gasteiger partial charge in [-0.25, -0.2) is 4.39 Å². The summed E-state index contributed by atoms with van der Waals surface area (Å²) in [7, 11) is 3.18. The molecule has 0 fully saturated rings. The summed E-state index contributed by atoms with van der Waals surface area (Å²) in [6.45, 7) is 0.519. The Kier molecular flexibility index (Phi) is 6.61. The summed E-state index contributed by atoms with van der Waals surface area (Å²) in [4.78, 5) is 11.9. The van der Waals surface area contributed by atoms with Gasteiger partial charge in [-0.05, 0) is 42.2 Å². The molecular weight excluding hydrogens is 309 g/mol. The molecule has 0 saturated carbocycles. The molecule has 2 rings (SSSR count). The molecule has 24 heavy (non-hydrogen) atoms. The minimum atomic E-state index is -0.268. The standard InChI is InChI=1S/C19H22FNO3/c1-23-17-9-7-14(13-18(17)24-2)11-12-21-19(22)10-8-15-5-3-4-6-16(15)20/h3-7,9,13H,8,10-12H2,1-2H3,(H,21,22). The number of rotatable bonds is 8. The van der Waals surface area contributed by atoms with Crippen molar-refractivity contribution in [3.63, 3.8) is 0 Å². The molecular formula is C19H22FNO3. The maximum atomic E-state index is 13.5. The van der Waals surface area contributed by atoms with Gasteiger partial charge in [0, 0.05) is 13.0 Å². The highest BCUT2D eigenvalue weighted by molar-refractivity contribution is 5.76. The molecule has 1 N–H and O–H groups in total. The maximum Gasteiger partial charge on any atom is 0.220 e. The minimum absolute atomic E-state index is 0.0845. The third-order valence-electron chi connectivity index (χ3n) is 3.76. The lowest BCUT2D eigenvalue weighted by Gasteiger charge is -2.10. The predicted molar refractivity (Wildman–Crippen MR) is 91.0 cm³/mol. The number of carbonyl (C=O) groups excluding carboxylic acids is 1. The summed E-state index contributed by atoms with van der Waals surface area (Å²) < 4.78 is 23.9. The Bertz CT molecular complexity index is 688. The zero-order chi connectivity index (χ0) is 17.4. The van der Waals surface area contributed by atoms with Crippen LogP contribution in [-0.4, -0.2) is 26.7 Å². The second kappa shape index (κ2) is 8.91. The van der Waals surface area contributed by atoms with Gasteiger partial charge in [-0.1, -0.05) is 24.3 Å². The topological polar surface area (TPSA) is 47.6 Å². The molecule has 0 unspecified atom stereocenters. The number of ether oxygens (including phenoxy) is 2. The van der Waals surface area contributed by atoms with Gasteiger partial charge in [-0.2, -0.15) is 0 Å². The number of hydrogen-bond acceptors (Lipinski definition) is 3. The van der Waals surface area contributed by atoms with Crippen LogP contribution < -0.4 is 14.8 Å². The Morgan fingerprint density at radius 2 is 1.79 bits per heavy atom. The van der Waals surface area contributed by atoms with E-state index in [1.54, 1.807) is 32.4 Å². The molecule has 2 aromatic carbocycles. The number of hydrogen-bond donors (Lipinski definition) is 1. The Hall–Kier alpha value is -2.56. The molecule has 2 aromatic rings. The summed E-state index contributed by atoms with van der Waals surface area (Å²) in [6.07, 6.45) is 1.35. The molecule has 0 aromatic heterocycles. The Morgan fingerprint density at radius 3 is 2.50 bits per heavy atom. The lowest BCUT2D eigenvalue weighted by molar-refractivity contribution is -0.121. The van der Waals surface area contributed by atoms with Crippen molar-refractivity contribution in [2.24, 2.45) is 0 Å². The first-order valence-electron chi connectivity index (χ1n) is 7.85. The van der Waals surface area contributed by atoms with Crippen LogP contribution in [0.4, 0.5) is 4.39 Å². The van der Waals surface area contributed by atoms with Crippen LogP contribution in [0.3, 0.4) is 0 Å². The number of methoxy groups -OCH3 is 2. The molecule has 1 amide bonds. The lowest BCUT2D eigenvalue weighted by atomic mass is 10.1. The molecule has 0 atom stereocenters. The number of amides is 1. The fourth-order valence-corrected chi connectivity index (χ4v) is 2.42. The lowest BCUT2D eigenvalue weighted by Crippen LogP contribution is -2.26. The molecule has 0 saturated heterocycles. The van der Waals surface area contributed by atoms with Crippen LogP contribution in [0.15, 0.2) is 42.5 Å². The van der Waals surface area contributed by atoms with Crippen LogP contribution in [-0.2, 0) is 17.6 Å². The van der Waals surface area contributed by atoms with Crippen molar-refractivity contribution in [2.45, 2.75) is 19.3 Å². The van der Waals surface area contributed by atoms with E-state index < -0.39 is 0 Å². The smallest absolute Gasteiger partial charge is 0.220 e. The Balaban J connectivity index is 1.77. The number of halogens is 1. The van der Waals surface area contributed by atoms with Gasteiger partial charge in [-0.15, -0.1) is 0 Å². The van der Waals surface area contributed by atoms with Crippen LogP contribution in [0, 0.1) is 5.82 Å². The van der Waals surface area contributed by atoms with Crippen LogP contribution in [0.25, 0.3) is 0 Å². The molecule has 0 radical (unpaired) electrons. The van der Waals surface area contributed by atoms with Crippen molar-refractivity contribution in [2.75, 3.05) is 20.8 Å². The van der Waals surface area contributed by atoms with E-state index in [9.17, 15) is 9.18 Å². The van der Waals surface area contributed by atoms with E-state index in [2.05, 4.69) is 5.32 Å². The fraction of sp³-hybridized carbons (Fsp3) is 0.316. The molecule has 0 bridgehead atoms. The van der Waals surface area contributed by atoms with Crippen LogP contribution >= 0.6 is 0 Å². The molecule has 4 nitrogen and oxygen atoms in total. The normalized spacial score (nSPS) is 10.3. The first-order chi connectivity index (χ1) is 11.6. The number of benzene rings is 2. The van der Waals surface area contributed by atoms with E-state index in [1.165, 1.54) is 6.07 Å². The van der Waals surface area contributed by atoms with Crippen molar-refractivity contribution in [1.29, 1.82) is 0 Å². The quantitative estimate of drug-likeness (QED) is 0.808. The molecule has 0 aliphatic rings. The number of aryl methyl sites for hydroxylation is 1. The monoisotopic (exact) mass is 331 g/mol. The third-order valence-corrected chi connectivity index (χ3v) is 3.76. The average Bonchev–Trinajstić information content (AvgIpc) is 2.61. The molecule has 0 heterocycles. The molecule has 0 spiro atoms. The van der Waals surface area contributed by atoms with Gasteiger partial charge >= 0.3 is 0 Å². The van der Waals surface area contributed by atoms with Gasteiger partial charge in [0.2, 0.25) is 5.91 Å². The zero-order valence-corrected chi connectivity index (χ0v) is 14.0. The molecule has 128 valence electrons. The summed E-state index contributed by atoms with van der Waals surface area (Å²) in [5.74, 6) is 0.991. The number of nitrogens with one attached hydrogen (secondary N) is 1. The van der Waals surface area contributed by atoms with E-state index in [0.29, 0.717) is 36.4 Å². The van der Waals surface area contributed by atoms with Gasteiger partial charge in [0.25, 0.3) is 0 Å². The van der Waals surface area contributed by atoms with E-state index in [0.717, 1.165) is 5.56 Å². The van der Waals surface area contributed by atoms with E-state index in [1.807, 2.05) is 18.2 Å². The first-order valence-corrected chi connectivity index (χ1v) is 7.85. The van der Waals surface area contributed by atoms with Gasteiger partial charge in [0.1, 0.15) is 5.82 Å². The molecule has 0 aliphatic carbocycles. The number of carbonyl (C=O) groups is 1. The van der Waals surface area contributed by atoms with Crippen LogP contribution in [0.5, 0.6) is 11.5 Å². The van der Waals surface area contributed by atoms with Gasteiger partial charge < -0.3 is 14.8 Å². The first kappa shape index (κ1) is 17.8. The SMILES string of the molecule is COc1ccc(CCNC(=O)CCc2ccccc2F)cc1OC. The fourth-order valence-electron chi connectivity index (χ4n) is 2.42. The predicted octanol–water partition coefficient (Wildman–Crippen LogP) is 3.13. The summed E-state index contributed by atoms with van der Waals surface area (Å²) in [6, 6.07) is 12.2. The summed E-state index contributed by atoms with van der Waals surface area (Å²) >= 11 is 0. The average molecular weight is 331 g/mol. The zero-order valence-electron chi connectivity index (χ0n) is 14.0. The Labute approximate surface area is 141 Å². The van der Waals surface area contributed by atoms with Crippen molar-refractivity contribution in [3.05, 3.63) is 59.4 Å². The third kappa shape index (κ3) is 4.98. The van der Waals surface area contributed by atoms with Crippen molar-refractivity contribution >= 4 is 5.91 Å². The van der Waals surface area contributed by atoms with Crippen molar-refractivity contribution in [3.8, 4) is 11.5 Å². The second-order valence-electron chi connectivity index (χ2n) is 5.38. The van der Waals surface area contributed by atoms with E-state index >= 15 is 0 Å². The van der Waals surface area contributed by atoms with E-state index in [4.69, 9.17) is 9.47 Å². The largest absolute Gasteiger partial charge is 0.493 e. The van der Waals surface area contributed by atoms with Crippen LogP contribution in [0.1, 0.15) is 17.5 Å². The maximum absolute atomic E-state index is 13.5. The highest BCUT2D eigenvalue weighted by Gasteiger charge is 2.07. The Morgan fingerprint density at radius 1 is 1.04 bits per heavy atom. The molecule has 0 aliphatic heterocycles. The van der Waals surface area contributed by atoms with Gasteiger partial charge in [0.15, 0.2) is 11.5 Å². The van der Waals surface area contributed by atoms with Crippen molar-refractivity contribution < 1.29 is 18.7 Å². The van der Waals surface area contributed by atoms with Crippen molar-refractivity contribution in [1.82, 2.24) is 5.32 Å². The minimum Gasteiger partial charge on any atom is -0.493 e. The van der Waals surface area contributed by atoms with E-state index in [-0.39, 0.29) is 18.1 Å². The van der Waals surface area contributed by atoms with Gasteiger partial charge in [-0.3, -0.25) is 4.79 Å². The second-order valence-corrected chi connectivity index (χ2v) is 5.38. The molecule has 5 heteroatoms. The summed E-state index contributed by atoms with van der Waals surface area (Å²) in [5, 5.41) is 2.85. The summed E-state index contributed by atoms with van der Waals surface area (Å²) in [5.41, 5.74) is 1.61. The highest BCUT2D eigenvalue weighted by Crippen LogP contribution is 2.27.